The summed E-state index contributed by atoms with van der Waals surface area (Å²) in [6, 6.07) is 2.94. The molecule has 2 aliphatic rings. The molecule has 0 unspecified atom stereocenters. The number of rotatable bonds is 2. The van der Waals surface area contributed by atoms with E-state index in [4.69, 9.17) is 4.74 Å². The SMILES string of the molecule is Cc1cc(C2CCN(C3COC3)CC2)n(C)n1. The maximum atomic E-state index is 5.27. The number of piperidine rings is 1. The Kier molecular flexibility index (Phi) is 2.92. The minimum Gasteiger partial charge on any atom is -0.378 e. The first kappa shape index (κ1) is 11.2. The average molecular weight is 235 g/mol. The van der Waals surface area contributed by atoms with Gasteiger partial charge in [0.15, 0.2) is 0 Å². The van der Waals surface area contributed by atoms with Crippen molar-refractivity contribution in [3.05, 3.63) is 17.5 Å². The van der Waals surface area contributed by atoms with Crippen LogP contribution in [0, 0.1) is 6.92 Å². The Morgan fingerprint density at radius 2 is 2.00 bits per heavy atom. The van der Waals surface area contributed by atoms with Crippen LogP contribution >= 0.6 is 0 Å². The summed E-state index contributed by atoms with van der Waals surface area (Å²) < 4.78 is 7.32. The lowest BCUT2D eigenvalue weighted by atomic mass is 9.92. The normalized spacial score (nSPS) is 23.9. The highest BCUT2D eigenvalue weighted by molar-refractivity contribution is 5.14. The van der Waals surface area contributed by atoms with Crippen molar-refractivity contribution in [3.63, 3.8) is 0 Å². The molecule has 4 nitrogen and oxygen atoms in total. The molecule has 3 rings (SSSR count). The summed E-state index contributed by atoms with van der Waals surface area (Å²) in [6.07, 6.45) is 2.52. The van der Waals surface area contributed by atoms with Crippen molar-refractivity contribution in [2.24, 2.45) is 7.05 Å². The quantitative estimate of drug-likeness (QED) is 0.774. The molecule has 3 heterocycles. The van der Waals surface area contributed by atoms with Crippen molar-refractivity contribution >= 4 is 0 Å². The molecule has 0 spiro atoms. The number of hydrogen-bond acceptors (Lipinski definition) is 3. The highest BCUT2D eigenvalue weighted by atomic mass is 16.5. The van der Waals surface area contributed by atoms with Crippen molar-refractivity contribution in [1.29, 1.82) is 0 Å². The number of hydrogen-bond donors (Lipinski definition) is 0. The molecule has 1 aromatic rings. The molecule has 0 aliphatic carbocycles. The van der Waals surface area contributed by atoms with Gasteiger partial charge in [0.2, 0.25) is 0 Å². The first-order chi connectivity index (χ1) is 8.24. The van der Waals surface area contributed by atoms with Crippen LogP contribution < -0.4 is 0 Å². The van der Waals surface area contributed by atoms with Crippen LogP contribution in [0.2, 0.25) is 0 Å². The topological polar surface area (TPSA) is 30.3 Å². The minimum absolute atomic E-state index is 0.693. The van der Waals surface area contributed by atoms with Crippen LogP contribution in [0.1, 0.15) is 30.1 Å². The van der Waals surface area contributed by atoms with Crippen molar-refractivity contribution < 1.29 is 4.74 Å². The first-order valence-corrected chi connectivity index (χ1v) is 6.56. The fourth-order valence-corrected chi connectivity index (χ4v) is 3.01. The number of likely N-dealkylation sites (tertiary alicyclic amines) is 1. The van der Waals surface area contributed by atoms with Crippen LogP contribution in [-0.2, 0) is 11.8 Å². The monoisotopic (exact) mass is 235 g/mol. The Morgan fingerprint density at radius 1 is 1.29 bits per heavy atom. The van der Waals surface area contributed by atoms with Crippen LogP contribution in [0.5, 0.6) is 0 Å². The van der Waals surface area contributed by atoms with Gasteiger partial charge in [-0.05, 0) is 38.9 Å². The van der Waals surface area contributed by atoms with Crippen molar-refractivity contribution in [1.82, 2.24) is 14.7 Å². The fraction of sp³-hybridized carbons (Fsp3) is 0.769. The molecule has 0 radical (unpaired) electrons. The summed E-state index contributed by atoms with van der Waals surface area (Å²) in [5, 5.41) is 4.45. The lowest BCUT2D eigenvalue weighted by Crippen LogP contribution is -2.51. The van der Waals surface area contributed by atoms with E-state index in [2.05, 4.69) is 34.7 Å². The Balaban J connectivity index is 1.62. The number of nitrogens with zero attached hydrogens (tertiary/aromatic N) is 3. The largest absolute Gasteiger partial charge is 0.378 e. The van der Waals surface area contributed by atoms with Gasteiger partial charge in [-0.15, -0.1) is 0 Å². The van der Waals surface area contributed by atoms with Gasteiger partial charge in [0.25, 0.3) is 0 Å². The summed E-state index contributed by atoms with van der Waals surface area (Å²) in [5.74, 6) is 0.693. The summed E-state index contributed by atoms with van der Waals surface area (Å²) in [4.78, 5) is 2.59. The highest BCUT2D eigenvalue weighted by Crippen LogP contribution is 2.29. The van der Waals surface area contributed by atoms with E-state index < -0.39 is 0 Å². The van der Waals surface area contributed by atoms with Gasteiger partial charge in [-0.1, -0.05) is 0 Å². The number of aryl methyl sites for hydroxylation is 2. The highest BCUT2D eigenvalue weighted by Gasteiger charge is 2.30. The van der Waals surface area contributed by atoms with E-state index in [-0.39, 0.29) is 0 Å². The number of ether oxygens (including phenoxy) is 1. The summed E-state index contributed by atoms with van der Waals surface area (Å²) in [5.41, 5.74) is 2.55. The molecule has 0 atom stereocenters. The van der Waals surface area contributed by atoms with Gasteiger partial charge < -0.3 is 4.74 Å². The van der Waals surface area contributed by atoms with Gasteiger partial charge in [0.05, 0.1) is 24.9 Å². The second-order valence-corrected chi connectivity index (χ2v) is 5.34. The van der Waals surface area contributed by atoms with Crippen molar-refractivity contribution in [2.75, 3.05) is 26.3 Å². The Labute approximate surface area is 103 Å². The van der Waals surface area contributed by atoms with Crippen LogP contribution in [0.3, 0.4) is 0 Å². The molecular weight excluding hydrogens is 214 g/mol. The molecule has 17 heavy (non-hydrogen) atoms. The van der Waals surface area contributed by atoms with Gasteiger partial charge >= 0.3 is 0 Å². The molecule has 2 saturated heterocycles. The van der Waals surface area contributed by atoms with Gasteiger partial charge in [0.1, 0.15) is 0 Å². The van der Waals surface area contributed by atoms with Crippen LogP contribution in [0.25, 0.3) is 0 Å². The summed E-state index contributed by atoms with van der Waals surface area (Å²) in [6.45, 7) is 6.38. The van der Waals surface area contributed by atoms with E-state index in [1.54, 1.807) is 0 Å². The second kappa shape index (κ2) is 4.42. The lowest BCUT2D eigenvalue weighted by Gasteiger charge is -2.41. The zero-order chi connectivity index (χ0) is 11.8. The van der Waals surface area contributed by atoms with E-state index in [9.17, 15) is 0 Å². The number of aromatic nitrogens is 2. The van der Waals surface area contributed by atoms with E-state index >= 15 is 0 Å². The zero-order valence-corrected chi connectivity index (χ0v) is 10.7. The predicted molar refractivity (Wildman–Crippen MR) is 66.1 cm³/mol. The molecule has 2 aliphatic heterocycles. The molecule has 94 valence electrons. The van der Waals surface area contributed by atoms with Crippen LogP contribution in [0.15, 0.2) is 6.07 Å². The van der Waals surface area contributed by atoms with Crippen LogP contribution in [0.4, 0.5) is 0 Å². The third kappa shape index (κ3) is 2.11. The van der Waals surface area contributed by atoms with Gasteiger partial charge in [0, 0.05) is 18.7 Å². The predicted octanol–water partition coefficient (Wildman–Crippen LogP) is 1.31. The molecule has 0 amide bonds. The zero-order valence-electron chi connectivity index (χ0n) is 10.7. The summed E-state index contributed by atoms with van der Waals surface area (Å²) >= 11 is 0. The maximum absolute atomic E-state index is 5.27. The minimum atomic E-state index is 0.693. The molecule has 4 heteroatoms. The third-order valence-corrected chi connectivity index (χ3v) is 4.12. The Morgan fingerprint density at radius 3 is 2.47 bits per heavy atom. The molecule has 0 N–H and O–H groups in total. The van der Waals surface area contributed by atoms with E-state index in [1.165, 1.54) is 31.6 Å². The second-order valence-electron chi connectivity index (χ2n) is 5.34. The van der Waals surface area contributed by atoms with E-state index in [0.717, 1.165) is 18.9 Å². The van der Waals surface area contributed by atoms with Gasteiger partial charge in [-0.2, -0.15) is 5.10 Å². The molecule has 1 aromatic heterocycles. The van der Waals surface area contributed by atoms with E-state index in [1.807, 2.05) is 0 Å². The lowest BCUT2D eigenvalue weighted by molar-refractivity contribution is -0.0714. The average Bonchev–Trinajstić information content (AvgIpc) is 2.57. The van der Waals surface area contributed by atoms with Crippen molar-refractivity contribution in [3.8, 4) is 0 Å². The van der Waals surface area contributed by atoms with Gasteiger partial charge in [-0.25, -0.2) is 0 Å². The fourth-order valence-electron chi connectivity index (χ4n) is 3.01. The molecule has 2 fully saturated rings. The van der Waals surface area contributed by atoms with E-state index in [0.29, 0.717) is 12.0 Å². The summed E-state index contributed by atoms with van der Waals surface area (Å²) in [7, 11) is 2.06. The molecule has 0 bridgehead atoms. The smallest absolute Gasteiger partial charge is 0.0645 e. The molecule has 0 aromatic carbocycles. The maximum Gasteiger partial charge on any atom is 0.0645 e. The first-order valence-electron chi connectivity index (χ1n) is 6.56. The standard InChI is InChI=1S/C13H21N3O/c1-10-7-13(15(2)14-10)11-3-5-16(6-4-11)12-8-17-9-12/h7,11-12H,3-6,8-9H2,1-2H3. The van der Waals surface area contributed by atoms with Crippen molar-refractivity contribution in [2.45, 2.75) is 31.7 Å². The van der Waals surface area contributed by atoms with Gasteiger partial charge in [-0.3, -0.25) is 9.58 Å². The Hall–Kier alpha value is -0.870. The van der Waals surface area contributed by atoms with Crippen LogP contribution in [-0.4, -0.2) is 47.0 Å². The Bertz CT molecular complexity index is 389. The third-order valence-electron chi connectivity index (χ3n) is 4.12. The molecule has 0 saturated carbocycles. The molecular formula is C13H21N3O.